The van der Waals surface area contributed by atoms with Crippen molar-refractivity contribution in [2.45, 2.75) is 76.9 Å². The van der Waals surface area contributed by atoms with Crippen LogP contribution in [0.3, 0.4) is 0 Å². The fourth-order valence-electron chi connectivity index (χ4n) is 4.77. The Hall–Kier alpha value is -2.24. The second kappa shape index (κ2) is 10.4. The second-order valence-corrected chi connectivity index (χ2v) is 9.75. The van der Waals surface area contributed by atoms with Gasteiger partial charge in [-0.1, -0.05) is 25.5 Å². The number of rotatable bonds is 6. The van der Waals surface area contributed by atoms with Gasteiger partial charge in [-0.3, -0.25) is 9.79 Å². The summed E-state index contributed by atoms with van der Waals surface area (Å²) < 4.78 is 0. The first-order chi connectivity index (χ1) is 15.1. The van der Waals surface area contributed by atoms with E-state index in [-0.39, 0.29) is 11.8 Å². The number of hydrogen-bond donors (Lipinski definition) is 3. The largest absolute Gasteiger partial charge is 0.372 e. The standard InChI is InChI=1S/C25H39N5O/c1-18-12-14-30(15-13-18)23-10-6-19(7-11-23)17-27-25(26-2)29-22-5-3-4-20(16-22)24(31)28-21-8-9-21/h6-7,10-11,18,20-22H,3-5,8-9,12-17H2,1-2H3,(H,28,31)(H2,26,27,29). The molecule has 2 saturated carbocycles. The molecular formula is C25H39N5O. The van der Waals surface area contributed by atoms with E-state index in [1.807, 2.05) is 7.05 Å². The van der Waals surface area contributed by atoms with Crippen LogP contribution in [0, 0.1) is 11.8 Å². The lowest BCUT2D eigenvalue weighted by Crippen LogP contribution is -2.47. The molecule has 0 aromatic heterocycles. The molecule has 0 spiro atoms. The van der Waals surface area contributed by atoms with Crippen molar-refractivity contribution >= 4 is 17.6 Å². The van der Waals surface area contributed by atoms with Crippen LogP contribution in [0.15, 0.2) is 29.3 Å². The van der Waals surface area contributed by atoms with Gasteiger partial charge in [0, 0.05) is 50.4 Å². The number of carbonyl (C=O) groups excluding carboxylic acids is 1. The van der Waals surface area contributed by atoms with Gasteiger partial charge in [0.05, 0.1) is 0 Å². The topological polar surface area (TPSA) is 68.8 Å². The Morgan fingerprint density at radius 2 is 1.74 bits per heavy atom. The molecule has 6 heteroatoms. The number of carbonyl (C=O) groups is 1. The van der Waals surface area contributed by atoms with Crippen molar-refractivity contribution in [1.29, 1.82) is 0 Å². The Balaban J connectivity index is 1.23. The molecule has 6 nitrogen and oxygen atoms in total. The van der Waals surface area contributed by atoms with E-state index in [4.69, 9.17) is 0 Å². The summed E-state index contributed by atoms with van der Waals surface area (Å²) in [7, 11) is 1.82. The number of nitrogens with one attached hydrogen (secondary N) is 3. The summed E-state index contributed by atoms with van der Waals surface area (Å²) in [6, 6.07) is 9.67. The second-order valence-electron chi connectivity index (χ2n) is 9.75. The summed E-state index contributed by atoms with van der Waals surface area (Å²) in [5.74, 6) is 2.06. The Kier molecular flexibility index (Phi) is 7.36. The molecule has 1 saturated heterocycles. The van der Waals surface area contributed by atoms with Crippen LogP contribution in [0.1, 0.15) is 63.9 Å². The van der Waals surface area contributed by atoms with E-state index in [9.17, 15) is 4.79 Å². The lowest BCUT2D eigenvalue weighted by molar-refractivity contribution is -0.126. The van der Waals surface area contributed by atoms with Crippen LogP contribution in [-0.4, -0.2) is 44.1 Å². The zero-order valence-corrected chi connectivity index (χ0v) is 19.2. The van der Waals surface area contributed by atoms with Crippen LogP contribution >= 0.6 is 0 Å². The summed E-state index contributed by atoms with van der Waals surface area (Å²) in [5, 5.41) is 10.2. The Morgan fingerprint density at radius 1 is 1.00 bits per heavy atom. The van der Waals surface area contributed by atoms with Crippen LogP contribution in [0.25, 0.3) is 0 Å². The van der Waals surface area contributed by atoms with Crippen LogP contribution in [-0.2, 0) is 11.3 Å². The minimum atomic E-state index is 0.135. The minimum Gasteiger partial charge on any atom is -0.372 e. The summed E-state index contributed by atoms with van der Waals surface area (Å²) in [5.41, 5.74) is 2.58. The van der Waals surface area contributed by atoms with Crippen LogP contribution in [0.5, 0.6) is 0 Å². The Bertz CT molecular complexity index is 750. The zero-order valence-electron chi connectivity index (χ0n) is 19.2. The SMILES string of the molecule is CN=C(NCc1ccc(N2CCC(C)CC2)cc1)NC1CCCC(C(=O)NC2CC2)C1. The fourth-order valence-corrected chi connectivity index (χ4v) is 4.77. The third kappa shape index (κ3) is 6.37. The maximum absolute atomic E-state index is 12.4. The van der Waals surface area contributed by atoms with Crippen molar-refractivity contribution in [2.75, 3.05) is 25.0 Å². The van der Waals surface area contributed by atoms with E-state index in [1.165, 1.54) is 24.1 Å². The number of nitrogens with zero attached hydrogens (tertiary/aromatic N) is 2. The van der Waals surface area contributed by atoms with E-state index in [1.54, 1.807) is 0 Å². The van der Waals surface area contributed by atoms with Crippen molar-refractivity contribution in [3.63, 3.8) is 0 Å². The lowest BCUT2D eigenvalue weighted by atomic mass is 9.85. The molecule has 3 N–H and O–H groups in total. The van der Waals surface area contributed by atoms with Crippen molar-refractivity contribution < 1.29 is 4.79 Å². The molecule has 0 bridgehead atoms. The van der Waals surface area contributed by atoms with Gasteiger partial charge < -0.3 is 20.9 Å². The maximum atomic E-state index is 12.4. The van der Waals surface area contributed by atoms with Gasteiger partial charge in [0.25, 0.3) is 0 Å². The van der Waals surface area contributed by atoms with E-state index in [0.717, 1.165) is 70.0 Å². The lowest BCUT2D eigenvalue weighted by Gasteiger charge is -2.32. The fraction of sp³-hybridized carbons (Fsp3) is 0.680. The van der Waals surface area contributed by atoms with Gasteiger partial charge in [-0.2, -0.15) is 0 Å². The van der Waals surface area contributed by atoms with E-state index < -0.39 is 0 Å². The van der Waals surface area contributed by atoms with E-state index in [2.05, 4.69) is 57.0 Å². The smallest absolute Gasteiger partial charge is 0.223 e. The summed E-state index contributed by atoms with van der Waals surface area (Å²) in [6.07, 6.45) is 8.95. The molecule has 2 atom stereocenters. The molecule has 1 aromatic carbocycles. The third-order valence-electron chi connectivity index (χ3n) is 7.08. The van der Waals surface area contributed by atoms with Crippen molar-refractivity contribution in [3.05, 3.63) is 29.8 Å². The third-order valence-corrected chi connectivity index (χ3v) is 7.08. The van der Waals surface area contributed by atoms with E-state index >= 15 is 0 Å². The number of amides is 1. The molecule has 2 unspecified atom stereocenters. The van der Waals surface area contributed by atoms with Crippen molar-refractivity contribution in [1.82, 2.24) is 16.0 Å². The van der Waals surface area contributed by atoms with Gasteiger partial charge in [-0.15, -0.1) is 0 Å². The number of benzene rings is 1. The van der Waals surface area contributed by atoms with Gasteiger partial charge in [0.2, 0.25) is 5.91 Å². The predicted octanol–water partition coefficient (Wildman–Crippen LogP) is 3.43. The quantitative estimate of drug-likeness (QED) is 0.483. The number of anilines is 1. The predicted molar refractivity (Wildman–Crippen MR) is 127 cm³/mol. The van der Waals surface area contributed by atoms with Gasteiger partial charge in [-0.05, 0) is 68.6 Å². The monoisotopic (exact) mass is 425 g/mol. The highest BCUT2D eigenvalue weighted by Gasteiger charge is 2.31. The van der Waals surface area contributed by atoms with Crippen LogP contribution < -0.4 is 20.9 Å². The number of aliphatic imine (C=N–C) groups is 1. The van der Waals surface area contributed by atoms with E-state index in [0.29, 0.717) is 12.1 Å². The Labute approximate surface area is 187 Å². The molecule has 1 aliphatic heterocycles. The number of guanidine groups is 1. The molecule has 31 heavy (non-hydrogen) atoms. The van der Waals surface area contributed by atoms with Gasteiger partial charge in [-0.25, -0.2) is 0 Å². The highest BCUT2D eigenvalue weighted by Crippen LogP contribution is 2.27. The summed E-state index contributed by atoms with van der Waals surface area (Å²) in [6.45, 7) is 5.42. The molecule has 1 aromatic rings. The van der Waals surface area contributed by atoms with Gasteiger partial charge in [0.1, 0.15) is 0 Å². The van der Waals surface area contributed by atoms with Gasteiger partial charge >= 0.3 is 0 Å². The van der Waals surface area contributed by atoms with Crippen LogP contribution in [0.4, 0.5) is 5.69 Å². The molecule has 0 radical (unpaired) electrons. The van der Waals surface area contributed by atoms with Crippen molar-refractivity contribution in [3.8, 4) is 0 Å². The Morgan fingerprint density at radius 3 is 2.42 bits per heavy atom. The molecule has 1 heterocycles. The molecule has 4 rings (SSSR count). The van der Waals surface area contributed by atoms with Crippen LogP contribution in [0.2, 0.25) is 0 Å². The first-order valence-electron chi connectivity index (χ1n) is 12.2. The number of piperidine rings is 1. The molecule has 1 amide bonds. The first kappa shape index (κ1) is 22.0. The normalized spacial score (nSPS) is 25.2. The maximum Gasteiger partial charge on any atom is 0.223 e. The molecule has 3 fully saturated rings. The van der Waals surface area contributed by atoms with Gasteiger partial charge in [0.15, 0.2) is 5.96 Å². The minimum absolute atomic E-state index is 0.135. The summed E-state index contributed by atoms with van der Waals surface area (Å²) >= 11 is 0. The number of hydrogen-bond acceptors (Lipinski definition) is 3. The highest BCUT2D eigenvalue weighted by atomic mass is 16.2. The highest BCUT2D eigenvalue weighted by molar-refractivity contribution is 5.81. The molecule has 3 aliphatic rings. The first-order valence-corrected chi connectivity index (χ1v) is 12.2. The summed E-state index contributed by atoms with van der Waals surface area (Å²) in [4.78, 5) is 19.3. The average molecular weight is 426 g/mol. The zero-order chi connectivity index (χ0) is 21.6. The molecular weight excluding hydrogens is 386 g/mol. The van der Waals surface area contributed by atoms with Crippen molar-refractivity contribution in [2.24, 2.45) is 16.8 Å². The average Bonchev–Trinajstić information content (AvgIpc) is 3.62. The molecule has 2 aliphatic carbocycles. The molecule has 170 valence electrons.